The molecule has 0 saturated carbocycles. The first-order valence-electron chi connectivity index (χ1n) is 9.07. The van der Waals surface area contributed by atoms with Crippen LogP contribution in [0, 0.1) is 0 Å². The van der Waals surface area contributed by atoms with E-state index in [9.17, 15) is 9.59 Å². The highest BCUT2D eigenvalue weighted by atomic mass is 16.1. The number of carbonyl (C=O) groups is 1. The van der Waals surface area contributed by atoms with Gasteiger partial charge in [-0.15, -0.1) is 0 Å². The van der Waals surface area contributed by atoms with Crippen molar-refractivity contribution in [3.8, 4) is 0 Å². The van der Waals surface area contributed by atoms with Crippen molar-refractivity contribution in [1.82, 2.24) is 14.8 Å². The number of pyridine rings is 1. The molecular weight excluding hydrogens is 342 g/mol. The lowest BCUT2D eigenvalue weighted by molar-refractivity contribution is -0.115. The van der Waals surface area contributed by atoms with E-state index < -0.39 is 0 Å². The minimum atomic E-state index is -0.193. The summed E-state index contributed by atoms with van der Waals surface area (Å²) in [5, 5.41) is 8.40. The van der Waals surface area contributed by atoms with E-state index in [4.69, 9.17) is 0 Å². The molecule has 0 spiro atoms. The van der Waals surface area contributed by atoms with Crippen molar-refractivity contribution < 1.29 is 4.79 Å². The second-order valence-electron chi connectivity index (χ2n) is 6.75. The molecule has 1 N–H and O–H groups in total. The molecule has 1 aliphatic rings. The van der Waals surface area contributed by atoms with Crippen LogP contribution in [0.3, 0.4) is 0 Å². The summed E-state index contributed by atoms with van der Waals surface area (Å²) in [7, 11) is 1.59. The van der Waals surface area contributed by atoms with Crippen molar-refractivity contribution in [2.24, 2.45) is 7.05 Å². The summed E-state index contributed by atoms with van der Waals surface area (Å²) in [5.74, 6) is 0.748. The van der Waals surface area contributed by atoms with Crippen LogP contribution in [-0.2, 0) is 18.3 Å². The van der Waals surface area contributed by atoms with Gasteiger partial charge in [0.2, 0.25) is 5.91 Å². The minimum Gasteiger partial charge on any atom is -0.357 e. The molecule has 0 aliphatic carbocycles. The van der Waals surface area contributed by atoms with Gasteiger partial charge in [-0.3, -0.25) is 9.59 Å². The molecule has 2 aromatic heterocycles. The Morgan fingerprint density at radius 1 is 1.11 bits per heavy atom. The van der Waals surface area contributed by atoms with E-state index in [0.29, 0.717) is 22.2 Å². The van der Waals surface area contributed by atoms with Crippen molar-refractivity contribution in [3.63, 3.8) is 0 Å². The summed E-state index contributed by atoms with van der Waals surface area (Å²) in [6.45, 7) is 2.06. The topological polar surface area (TPSA) is 80.1 Å². The number of carbonyl (C=O) groups excluding carboxylic acids is 1. The molecule has 1 aromatic carbocycles. The Kier molecular flexibility index (Phi) is 4.58. The zero-order valence-corrected chi connectivity index (χ0v) is 15.2. The predicted octanol–water partition coefficient (Wildman–Crippen LogP) is 2.11. The number of anilines is 2. The van der Waals surface area contributed by atoms with Crippen molar-refractivity contribution in [1.29, 1.82) is 0 Å². The smallest absolute Gasteiger partial charge is 0.274 e. The summed E-state index contributed by atoms with van der Waals surface area (Å²) < 4.78 is 1.28. The maximum atomic E-state index is 12.5. The van der Waals surface area contributed by atoms with Crippen molar-refractivity contribution in [2.45, 2.75) is 19.3 Å². The second-order valence-corrected chi connectivity index (χ2v) is 6.75. The number of nitrogens with one attached hydrogen (secondary N) is 1. The zero-order valence-electron chi connectivity index (χ0n) is 15.2. The minimum absolute atomic E-state index is 0.0858. The zero-order chi connectivity index (χ0) is 18.8. The Labute approximate surface area is 156 Å². The Morgan fingerprint density at radius 2 is 1.85 bits per heavy atom. The van der Waals surface area contributed by atoms with Gasteiger partial charge in [0.05, 0.1) is 29.4 Å². The first-order chi connectivity index (χ1) is 13.1. The Morgan fingerprint density at radius 3 is 2.56 bits per heavy atom. The van der Waals surface area contributed by atoms with Gasteiger partial charge in [-0.25, -0.2) is 9.67 Å². The summed E-state index contributed by atoms with van der Waals surface area (Å²) >= 11 is 0. The number of rotatable bonds is 4. The van der Waals surface area contributed by atoms with Gasteiger partial charge < -0.3 is 10.2 Å². The molecule has 138 valence electrons. The lowest BCUT2D eigenvalue weighted by Gasteiger charge is -2.16. The molecule has 0 bridgehead atoms. The van der Waals surface area contributed by atoms with Crippen LogP contribution >= 0.6 is 0 Å². The van der Waals surface area contributed by atoms with E-state index in [1.807, 2.05) is 24.3 Å². The molecule has 4 rings (SSSR count). The predicted molar refractivity (Wildman–Crippen MR) is 105 cm³/mol. The summed E-state index contributed by atoms with van der Waals surface area (Å²) in [5.41, 5.74) is 1.06. The standard InChI is InChI=1S/C20H21N5O2/c1-24-20(27)16-7-3-2-6-15(16)17(23-24)12-19(26)22-14-8-9-18(21-13-14)25-10-4-5-11-25/h2-3,6-9,13H,4-5,10-12H2,1H3,(H,22,26). The van der Waals surface area contributed by atoms with E-state index in [0.717, 1.165) is 18.9 Å². The summed E-state index contributed by atoms with van der Waals surface area (Å²) in [6.07, 6.45) is 4.15. The maximum absolute atomic E-state index is 12.5. The van der Waals surface area contributed by atoms with Crippen molar-refractivity contribution in [2.75, 3.05) is 23.3 Å². The number of hydrogen-bond donors (Lipinski definition) is 1. The molecule has 1 amide bonds. The monoisotopic (exact) mass is 363 g/mol. The Balaban J connectivity index is 1.51. The number of benzene rings is 1. The molecule has 27 heavy (non-hydrogen) atoms. The SMILES string of the molecule is Cn1nc(CC(=O)Nc2ccc(N3CCCC3)nc2)c2ccccc2c1=O. The van der Waals surface area contributed by atoms with Gasteiger partial charge in [-0.1, -0.05) is 18.2 Å². The fourth-order valence-electron chi connectivity index (χ4n) is 3.46. The average molecular weight is 363 g/mol. The Hall–Kier alpha value is -3.22. The van der Waals surface area contributed by atoms with Gasteiger partial charge in [0.15, 0.2) is 0 Å². The van der Waals surface area contributed by atoms with Gasteiger partial charge in [0, 0.05) is 25.5 Å². The third-order valence-electron chi connectivity index (χ3n) is 4.82. The summed E-state index contributed by atoms with van der Waals surface area (Å²) in [6, 6.07) is 11.0. The molecule has 3 heterocycles. The molecule has 0 atom stereocenters. The largest absolute Gasteiger partial charge is 0.357 e. The average Bonchev–Trinajstić information content (AvgIpc) is 3.21. The van der Waals surface area contributed by atoms with Crippen LogP contribution in [0.25, 0.3) is 10.8 Å². The van der Waals surface area contributed by atoms with Crippen LogP contribution in [0.15, 0.2) is 47.4 Å². The Bertz CT molecular complexity index is 1040. The first-order valence-corrected chi connectivity index (χ1v) is 9.07. The summed E-state index contributed by atoms with van der Waals surface area (Å²) in [4.78, 5) is 31.4. The highest BCUT2D eigenvalue weighted by molar-refractivity contribution is 5.95. The molecular formula is C20H21N5O2. The van der Waals surface area contributed by atoms with Gasteiger partial charge in [0.25, 0.3) is 5.56 Å². The van der Waals surface area contributed by atoms with Crippen LogP contribution in [-0.4, -0.2) is 33.8 Å². The number of aromatic nitrogens is 3. The highest BCUT2D eigenvalue weighted by Crippen LogP contribution is 2.19. The number of nitrogens with zero attached hydrogens (tertiary/aromatic N) is 4. The van der Waals surface area contributed by atoms with Gasteiger partial charge in [-0.2, -0.15) is 5.10 Å². The molecule has 0 unspecified atom stereocenters. The lowest BCUT2D eigenvalue weighted by atomic mass is 10.1. The highest BCUT2D eigenvalue weighted by Gasteiger charge is 2.15. The fraction of sp³-hybridized carbons (Fsp3) is 0.300. The normalized spacial score (nSPS) is 13.9. The van der Waals surface area contributed by atoms with Gasteiger partial charge >= 0.3 is 0 Å². The molecule has 1 aliphatic heterocycles. The van der Waals surface area contributed by atoms with E-state index >= 15 is 0 Å². The van der Waals surface area contributed by atoms with Crippen LogP contribution in [0.1, 0.15) is 18.5 Å². The molecule has 1 fully saturated rings. The van der Waals surface area contributed by atoms with E-state index in [2.05, 4.69) is 20.3 Å². The van der Waals surface area contributed by atoms with Crippen LogP contribution in [0.5, 0.6) is 0 Å². The van der Waals surface area contributed by atoms with Crippen LogP contribution in [0.4, 0.5) is 11.5 Å². The fourth-order valence-corrected chi connectivity index (χ4v) is 3.46. The molecule has 1 saturated heterocycles. The van der Waals surface area contributed by atoms with Crippen LogP contribution in [0.2, 0.25) is 0 Å². The third kappa shape index (κ3) is 3.53. The number of amides is 1. The van der Waals surface area contributed by atoms with E-state index in [1.165, 1.54) is 17.5 Å². The number of hydrogen-bond acceptors (Lipinski definition) is 5. The number of fused-ring (bicyclic) bond motifs is 1. The van der Waals surface area contributed by atoms with Crippen molar-refractivity contribution >= 4 is 28.2 Å². The third-order valence-corrected chi connectivity index (χ3v) is 4.82. The van der Waals surface area contributed by atoms with Crippen molar-refractivity contribution in [3.05, 3.63) is 58.6 Å². The quantitative estimate of drug-likeness (QED) is 0.768. The lowest BCUT2D eigenvalue weighted by Crippen LogP contribution is -2.24. The molecule has 3 aromatic rings. The second kappa shape index (κ2) is 7.19. The van der Waals surface area contributed by atoms with Gasteiger partial charge in [0.1, 0.15) is 5.82 Å². The molecule has 0 radical (unpaired) electrons. The van der Waals surface area contributed by atoms with E-state index in [1.54, 1.807) is 25.4 Å². The maximum Gasteiger partial charge on any atom is 0.274 e. The molecule has 7 heteroatoms. The molecule has 7 nitrogen and oxygen atoms in total. The number of aryl methyl sites for hydroxylation is 1. The van der Waals surface area contributed by atoms with E-state index in [-0.39, 0.29) is 17.9 Å². The van der Waals surface area contributed by atoms with Crippen LogP contribution < -0.4 is 15.8 Å². The first kappa shape index (κ1) is 17.2. The van der Waals surface area contributed by atoms with Gasteiger partial charge in [-0.05, 0) is 31.0 Å².